The van der Waals surface area contributed by atoms with Crippen molar-refractivity contribution in [2.24, 2.45) is 0 Å². The SMILES string of the molecule is CCOC(=O)N1CCC(Nc2ncnc(N)c2C)CC1. The topological polar surface area (TPSA) is 93.4 Å². The molecule has 0 bridgehead atoms. The highest BCUT2D eigenvalue weighted by Gasteiger charge is 2.24. The second-order valence-corrected chi connectivity index (χ2v) is 4.84. The molecular weight excluding hydrogens is 258 g/mol. The molecule has 1 aliphatic rings. The highest BCUT2D eigenvalue weighted by atomic mass is 16.6. The van der Waals surface area contributed by atoms with Crippen LogP contribution in [0.15, 0.2) is 6.33 Å². The molecule has 0 aromatic carbocycles. The van der Waals surface area contributed by atoms with E-state index in [0.717, 1.165) is 24.2 Å². The molecular formula is C13H21N5O2. The molecule has 2 heterocycles. The first-order valence-corrected chi connectivity index (χ1v) is 6.87. The van der Waals surface area contributed by atoms with Gasteiger partial charge in [0, 0.05) is 24.7 Å². The van der Waals surface area contributed by atoms with Crippen molar-refractivity contribution in [2.75, 3.05) is 30.7 Å². The number of likely N-dealkylation sites (tertiary alicyclic amines) is 1. The number of nitrogen functional groups attached to an aromatic ring is 1. The average Bonchev–Trinajstić information content (AvgIpc) is 2.45. The number of piperidine rings is 1. The van der Waals surface area contributed by atoms with E-state index in [-0.39, 0.29) is 12.1 Å². The molecule has 110 valence electrons. The number of hydrogen-bond donors (Lipinski definition) is 2. The molecule has 0 atom stereocenters. The zero-order valence-corrected chi connectivity index (χ0v) is 11.9. The lowest BCUT2D eigenvalue weighted by Gasteiger charge is -2.32. The number of carbonyl (C=O) groups excluding carboxylic acids is 1. The Kier molecular flexibility index (Phi) is 4.60. The van der Waals surface area contributed by atoms with Crippen LogP contribution in [-0.2, 0) is 4.74 Å². The molecule has 1 amide bonds. The van der Waals surface area contributed by atoms with E-state index in [0.29, 0.717) is 25.5 Å². The van der Waals surface area contributed by atoms with Gasteiger partial charge < -0.3 is 20.7 Å². The van der Waals surface area contributed by atoms with Gasteiger partial charge in [0.25, 0.3) is 0 Å². The lowest BCUT2D eigenvalue weighted by molar-refractivity contribution is 0.0983. The zero-order valence-electron chi connectivity index (χ0n) is 11.9. The van der Waals surface area contributed by atoms with Crippen molar-refractivity contribution in [3.63, 3.8) is 0 Å². The Balaban J connectivity index is 1.88. The molecule has 0 radical (unpaired) electrons. The van der Waals surface area contributed by atoms with E-state index in [1.807, 2.05) is 13.8 Å². The minimum atomic E-state index is -0.228. The summed E-state index contributed by atoms with van der Waals surface area (Å²) in [5.74, 6) is 1.26. The van der Waals surface area contributed by atoms with Crippen molar-refractivity contribution in [2.45, 2.75) is 32.7 Å². The third-order valence-electron chi connectivity index (χ3n) is 3.48. The molecule has 7 heteroatoms. The van der Waals surface area contributed by atoms with Crippen LogP contribution in [0.4, 0.5) is 16.4 Å². The van der Waals surface area contributed by atoms with E-state index in [1.54, 1.807) is 4.90 Å². The number of carbonyl (C=O) groups is 1. The first-order valence-electron chi connectivity index (χ1n) is 6.87. The Hall–Kier alpha value is -2.05. The van der Waals surface area contributed by atoms with E-state index in [1.165, 1.54) is 6.33 Å². The number of hydrogen-bond acceptors (Lipinski definition) is 6. The summed E-state index contributed by atoms with van der Waals surface area (Å²) < 4.78 is 5.00. The summed E-state index contributed by atoms with van der Waals surface area (Å²) in [5, 5.41) is 3.37. The van der Waals surface area contributed by atoms with Gasteiger partial charge in [-0.05, 0) is 26.7 Å². The van der Waals surface area contributed by atoms with Gasteiger partial charge >= 0.3 is 6.09 Å². The second kappa shape index (κ2) is 6.40. The summed E-state index contributed by atoms with van der Waals surface area (Å²) >= 11 is 0. The maximum Gasteiger partial charge on any atom is 0.409 e. The predicted molar refractivity (Wildman–Crippen MR) is 76.4 cm³/mol. The molecule has 7 nitrogen and oxygen atoms in total. The lowest BCUT2D eigenvalue weighted by Crippen LogP contribution is -2.42. The van der Waals surface area contributed by atoms with Gasteiger partial charge in [-0.1, -0.05) is 0 Å². The Labute approximate surface area is 118 Å². The maximum atomic E-state index is 11.6. The maximum absolute atomic E-state index is 11.6. The first kappa shape index (κ1) is 14.4. The van der Waals surface area contributed by atoms with Gasteiger partial charge in [-0.25, -0.2) is 14.8 Å². The first-order chi connectivity index (χ1) is 9.61. The highest BCUT2D eigenvalue weighted by molar-refractivity contribution is 5.67. The second-order valence-electron chi connectivity index (χ2n) is 4.84. The van der Waals surface area contributed by atoms with Crippen molar-refractivity contribution in [1.82, 2.24) is 14.9 Å². The minimum Gasteiger partial charge on any atom is -0.450 e. The Morgan fingerprint density at radius 2 is 2.20 bits per heavy atom. The van der Waals surface area contributed by atoms with E-state index in [2.05, 4.69) is 15.3 Å². The molecule has 2 rings (SSSR count). The van der Waals surface area contributed by atoms with Crippen LogP contribution >= 0.6 is 0 Å². The summed E-state index contributed by atoms with van der Waals surface area (Å²) in [5.41, 5.74) is 6.62. The van der Waals surface area contributed by atoms with Gasteiger partial charge in [0.05, 0.1) is 6.61 Å². The monoisotopic (exact) mass is 279 g/mol. The number of aromatic nitrogens is 2. The number of nitrogens with zero attached hydrogens (tertiary/aromatic N) is 3. The van der Waals surface area contributed by atoms with Gasteiger partial charge in [0.15, 0.2) is 0 Å². The van der Waals surface area contributed by atoms with Crippen molar-refractivity contribution >= 4 is 17.7 Å². The Morgan fingerprint density at radius 1 is 1.50 bits per heavy atom. The summed E-state index contributed by atoms with van der Waals surface area (Å²) in [6, 6.07) is 0.286. The summed E-state index contributed by atoms with van der Waals surface area (Å²) in [6.45, 7) is 5.50. The molecule has 0 spiro atoms. The number of anilines is 2. The fourth-order valence-corrected chi connectivity index (χ4v) is 2.22. The quantitative estimate of drug-likeness (QED) is 0.868. The number of nitrogens with one attached hydrogen (secondary N) is 1. The molecule has 20 heavy (non-hydrogen) atoms. The van der Waals surface area contributed by atoms with Crippen LogP contribution in [0, 0.1) is 6.92 Å². The lowest BCUT2D eigenvalue weighted by atomic mass is 10.1. The van der Waals surface area contributed by atoms with Crippen LogP contribution in [0.25, 0.3) is 0 Å². The highest BCUT2D eigenvalue weighted by Crippen LogP contribution is 2.20. The Bertz CT molecular complexity index is 472. The van der Waals surface area contributed by atoms with Crippen LogP contribution in [0.1, 0.15) is 25.3 Å². The molecule has 1 fully saturated rings. The number of rotatable bonds is 3. The van der Waals surface area contributed by atoms with Crippen LogP contribution in [-0.4, -0.2) is 46.7 Å². The van der Waals surface area contributed by atoms with Crippen LogP contribution in [0.3, 0.4) is 0 Å². The van der Waals surface area contributed by atoms with E-state index in [9.17, 15) is 4.79 Å². The number of nitrogens with two attached hydrogens (primary N) is 1. The smallest absolute Gasteiger partial charge is 0.409 e. The van der Waals surface area contributed by atoms with E-state index >= 15 is 0 Å². The van der Waals surface area contributed by atoms with Crippen molar-refractivity contribution in [3.05, 3.63) is 11.9 Å². The average molecular weight is 279 g/mol. The third-order valence-corrected chi connectivity index (χ3v) is 3.48. The van der Waals surface area contributed by atoms with E-state index in [4.69, 9.17) is 10.5 Å². The van der Waals surface area contributed by atoms with Gasteiger partial charge in [-0.15, -0.1) is 0 Å². The van der Waals surface area contributed by atoms with Crippen molar-refractivity contribution < 1.29 is 9.53 Å². The normalized spacial score (nSPS) is 16.0. The molecule has 0 saturated carbocycles. The summed E-state index contributed by atoms with van der Waals surface area (Å²) in [6.07, 6.45) is 2.95. The zero-order chi connectivity index (χ0) is 14.5. The fourth-order valence-electron chi connectivity index (χ4n) is 2.22. The molecule has 1 aromatic heterocycles. The number of ether oxygens (including phenoxy) is 1. The summed E-state index contributed by atoms with van der Waals surface area (Å²) in [7, 11) is 0. The van der Waals surface area contributed by atoms with Gasteiger partial charge in [-0.3, -0.25) is 0 Å². The van der Waals surface area contributed by atoms with Crippen LogP contribution in [0.5, 0.6) is 0 Å². The molecule has 3 N–H and O–H groups in total. The van der Waals surface area contributed by atoms with E-state index < -0.39 is 0 Å². The minimum absolute atomic E-state index is 0.228. The Morgan fingerprint density at radius 3 is 2.85 bits per heavy atom. The van der Waals surface area contributed by atoms with Gasteiger partial charge in [0.2, 0.25) is 0 Å². The van der Waals surface area contributed by atoms with Crippen molar-refractivity contribution in [3.8, 4) is 0 Å². The number of amides is 1. The molecule has 0 aliphatic carbocycles. The summed E-state index contributed by atoms with van der Waals surface area (Å²) in [4.78, 5) is 21.5. The molecule has 1 aliphatic heterocycles. The predicted octanol–water partition coefficient (Wildman–Crippen LogP) is 1.40. The van der Waals surface area contributed by atoms with Gasteiger partial charge in [-0.2, -0.15) is 0 Å². The third kappa shape index (κ3) is 3.28. The van der Waals surface area contributed by atoms with Crippen LogP contribution < -0.4 is 11.1 Å². The standard InChI is InChI=1S/C13H21N5O2/c1-3-20-13(19)18-6-4-10(5-7-18)17-12-9(2)11(14)15-8-16-12/h8,10H,3-7H2,1-2H3,(H3,14,15,16,17). The van der Waals surface area contributed by atoms with Crippen LogP contribution in [0.2, 0.25) is 0 Å². The molecule has 1 aromatic rings. The largest absolute Gasteiger partial charge is 0.450 e. The molecule has 0 unspecified atom stereocenters. The van der Waals surface area contributed by atoms with Crippen molar-refractivity contribution in [1.29, 1.82) is 0 Å². The van der Waals surface area contributed by atoms with Gasteiger partial charge in [0.1, 0.15) is 18.0 Å². The fraction of sp³-hybridized carbons (Fsp3) is 0.615. The molecule has 1 saturated heterocycles.